The molecule has 0 saturated heterocycles. The summed E-state index contributed by atoms with van der Waals surface area (Å²) in [6.45, 7) is 1.62. The van der Waals surface area contributed by atoms with Crippen molar-refractivity contribution in [3.8, 4) is 0 Å². The Bertz CT molecular complexity index is 447. The minimum absolute atomic E-state index is 0.0667. The van der Waals surface area contributed by atoms with Crippen molar-refractivity contribution in [3.05, 3.63) is 40.6 Å². The van der Waals surface area contributed by atoms with E-state index in [9.17, 15) is 18.9 Å². The molecule has 7 heteroatoms. The molecule has 0 aromatic heterocycles. The molecule has 1 aromatic rings. The van der Waals surface area contributed by atoms with Gasteiger partial charge in [0.2, 0.25) is 0 Å². The summed E-state index contributed by atoms with van der Waals surface area (Å²) in [4.78, 5) is 33.2. The fraction of sp³-hybridized carbons (Fsp3) is 0.273. The lowest BCUT2D eigenvalue weighted by atomic mass is 10.2. The Morgan fingerprint density at radius 2 is 2.00 bits per heavy atom. The van der Waals surface area contributed by atoms with E-state index in [0.717, 1.165) is 12.1 Å². The predicted octanol–water partition coefficient (Wildman–Crippen LogP) is 1.21. The molecule has 0 aliphatic carbocycles. The molecule has 1 unspecified atom stereocenters. The summed E-state index contributed by atoms with van der Waals surface area (Å²) in [6.07, 6.45) is -1.61. The van der Waals surface area contributed by atoms with E-state index < -0.39 is 23.9 Å². The molecule has 1 N–H and O–H groups in total. The lowest BCUT2D eigenvalue weighted by Crippen LogP contribution is -2.40. The van der Waals surface area contributed by atoms with Gasteiger partial charge in [-0.2, -0.15) is 0 Å². The summed E-state index contributed by atoms with van der Waals surface area (Å²) in [5, 5.41) is 4.53. The van der Waals surface area contributed by atoms with Gasteiger partial charge in [-0.1, -0.05) is 0 Å². The van der Waals surface area contributed by atoms with Crippen LogP contribution in [0.15, 0.2) is 29.4 Å². The maximum atomic E-state index is 12.6. The first-order valence-corrected chi connectivity index (χ1v) is 5.14. The van der Waals surface area contributed by atoms with Gasteiger partial charge < -0.3 is 10.1 Å². The van der Waals surface area contributed by atoms with Crippen molar-refractivity contribution in [1.29, 1.82) is 0 Å². The second-order valence-corrected chi connectivity index (χ2v) is 3.24. The molecule has 0 saturated carbocycles. The highest BCUT2D eigenvalue weighted by atomic mass is 19.1. The van der Waals surface area contributed by atoms with Crippen LogP contribution in [0.1, 0.15) is 17.3 Å². The first kappa shape index (κ1) is 13.8. The molecule has 96 valence electrons. The molecule has 6 nitrogen and oxygen atoms in total. The van der Waals surface area contributed by atoms with Gasteiger partial charge in [0, 0.05) is 5.56 Å². The van der Waals surface area contributed by atoms with E-state index in [1.165, 1.54) is 12.1 Å². The quantitative estimate of drug-likeness (QED) is 0.632. The van der Waals surface area contributed by atoms with Crippen molar-refractivity contribution >= 4 is 11.9 Å². The van der Waals surface area contributed by atoms with E-state index in [4.69, 9.17) is 0 Å². The van der Waals surface area contributed by atoms with Gasteiger partial charge in [0.05, 0.1) is 6.61 Å². The average molecular weight is 254 g/mol. The molecule has 0 spiro atoms. The van der Waals surface area contributed by atoms with Crippen LogP contribution in [0.3, 0.4) is 0 Å². The molecule has 0 heterocycles. The molecule has 1 amide bonds. The topological polar surface area (TPSA) is 84.8 Å². The number of rotatable bonds is 5. The number of carbonyl (C=O) groups is 2. The number of nitrogens with zero attached hydrogens (tertiary/aromatic N) is 1. The van der Waals surface area contributed by atoms with Crippen molar-refractivity contribution in [2.24, 2.45) is 5.18 Å². The SMILES string of the molecule is CCOC(=O)C(N=O)NC(=O)c1ccc(F)cc1. The van der Waals surface area contributed by atoms with Gasteiger partial charge in [-0.25, -0.2) is 9.18 Å². The van der Waals surface area contributed by atoms with E-state index in [2.05, 4.69) is 15.2 Å². The van der Waals surface area contributed by atoms with Gasteiger partial charge in [-0.05, 0) is 36.4 Å². The largest absolute Gasteiger partial charge is 0.463 e. The van der Waals surface area contributed by atoms with Gasteiger partial charge in [0.1, 0.15) is 5.82 Å². The Morgan fingerprint density at radius 1 is 1.39 bits per heavy atom. The van der Waals surface area contributed by atoms with E-state index in [1.807, 2.05) is 0 Å². The number of nitrogens with one attached hydrogen (secondary N) is 1. The number of hydrogen-bond donors (Lipinski definition) is 1. The van der Waals surface area contributed by atoms with Crippen LogP contribution < -0.4 is 5.32 Å². The highest BCUT2D eigenvalue weighted by Gasteiger charge is 2.23. The number of amides is 1. The Morgan fingerprint density at radius 3 is 2.50 bits per heavy atom. The van der Waals surface area contributed by atoms with Gasteiger partial charge >= 0.3 is 5.97 Å². The second kappa shape index (κ2) is 6.43. The third-order valence-electron chi connectivity index (χ3n) is 1.99. The normalized spacial score (nSPS) is 11.4. The minimum Gasteiger partial charge on any atom is -0.463 e. The van der Waals surface area contributed by atoms with Crippen molar-refractivity contribution in [1.82, 2.24) is 5.32 Å². The van der Waals surface area contributed by atoms with Crippen molar-refractivity contribution < 1.29 is 18.7 Å². The number of benzene rings is 1. The van der Waals surface area contributed by atoms with Crippen LogP contribution in [0, 0.1) is 10.7 Å². The van der Waals surface area contributed by atoms with Crippen LogP contribution in [-0.2, 0) is 9.53 Å². The highest BCUT2D eigenvalue weighted by Crippen LogP contribution is 2.03. The van der Waals surface area contributed by atoms with Crippen LogP contribution in [-0.4, -0.2) is 24.6 Å². The summed E-state index contributed by atoms with van der Waals surface area (Å²) in [5.41, 5.74) is 0.106. The summed E-state index contributed by atoms with van der Waals surface area (Å²) >= 11 is 0. The van der Waals surface area contributed by atoms with Crippen molar-refractivity contribution in [3.63, 3.8) is 0 Å². The fourth-order valence-corrected chi connectivity index (χ4v) is 1.16. The monoisotopic (exact) mass is 254 g/mol. The number of carbonyl (C=O) groups excluding carboxylic acids is 2. The zero-order chi connectivity index (χ0) is 13.5. The van der Waals surface area contributed by atoms with Crippen LogP contribution in [0.2, 0.25) is 0 Å². The zero-order valence-corrected chi connectivity index (χ0v) is 9.55. The zero-order valence-electron chi connectivity index (χ0n) is 9.55. The van der Waals surface area contributed by atoms with E-state index in [-0.39, 0.29) is 12.2 Å². The lowest BCUT2D eigenvalue weighted by molar-refractivity contribution is -0.145. The Balaban J connectivity index is 2.70. The smallest absolute Gasteiger partial charge is 0.355 e. The first-order valence-electron chi connectivity index (χ1n) is 5.14. The molecule has 1 rings (SSSR count). The molecular weight excluding hydrogens is 243 g/mol. The van der Waals surface area contributed by atoms with Crippen molar-refractivity contribution in [2.75, 3.05) is 6.61 Å². The Kier molecular flexibility index (Phi) is 4.91. The highest BCUT2D eigenvalue weighted by molar-refractivity contribution is 5.96. The maximum absolute atomic E-state index is 12.6. The van der Waals surface area contributed by atoms with Crippen LogP contribution in [0.4, 0.5) is 4.39 Å². The molecular formula is C11H11FN2O4. The van der Waals surface area contributed by atoms with Gasteiger partial charge in [0.25, 0.3) is 12.1 Å². The fourth-order valence-electron chi connectivity index (χ4n) is 1.16. The molecule has 18 heavy (non-hydrogen) atoms. The van der Waals surface area contributed by atoms with Crippen LogP contribution in [0.5, 0.6) is 0 Å². The second-order valence-electron chi connectivity index (χ2n) is 3.24. The first-order chi connectivity index (χ1) is 8.58. The number of esters is 1. The predicted molar refractivity (Wildman–Crippen MR) is 60.1 cm³/mol. The van der Waals surface area contributed by atoms with Crippen LogP contribution in [0.25, 0.3) is 0 Å². The van der Waals surface area contributed by atoms with Gasteiger partial charge in [-0.15, -0.1) is 4.91 Å². The standard InChI is InChI=1S/C11H11FN2O4/c1-2-18-11(16)9(14-17)13-10(15)7-3-5-8(12)6-4-7/h3-6,9H,2H2,1H3,(H,13,15). The van der Waals surface area contributed by atoms with Gasteiger partial charge in [0.15, 0.2) is 0 Å². The Labute approximate surface area is 102 Å². The average Bonchev–Trinajstić information content (AvgIpc) is 2.36. The molecule has 0 aliphatic rings. The molecule has 0 aliphatic heterocycles. The Hall–Kier alpha value is -2.31. The van der Waals surface area contributed by atoms with Crippen molar-refractivity contribution in [2.45, 2.75) is 13.1 Å². The minimum atomic E-state index is -1.61. The summed E-state index contributed by atoms with van der Waals surface area (Å²) < 4.78 is 17.2. The number of ether oxygens (including phenoxy) is 1. The molecule has 0 radical (unpaired) electrons. The molecule has 1 aromatic carbocycles. The summed E-state index contributed by atoms with van der Waals surface area (Å²) in [7, 11) is 0. The summed E-state index contributed by atoms with van der Waals surface area (Å²) in [6, 6.07) is 4.61. The molecule has 0 fully saturated rings. The van der Waals surface area contributed by atoms with E-state index in [1.54, 1.807) is 6.92 Å². The van der Waals surface area contributed by atoms with Crippen LogP contribution >= 0.6 is 0 Å². The molecule has 1 atom stereocenters. The summed E-state index contributed by atoms with van der Waals surface area (Å²) in [5.74, 6) is -2.15. The third kappa shape index (κ3) is 3.62. The maximum Gasteiger partial charge on any atom is 0.355 e. The number of hydrogen-bond acceptors (Lipinski definition) is 5. The van der Waals surface area contributed by atoms with E-state index in [0.29, 0.717) is 0 Å². The number of halogens is 1. The third-order valence-corrected chi connectivity index (χ3v) is 1.99. The van der Waals surface area contributed by atoms with Gasteiger partial charge in [-0.3, -0.25) is 4.79 Å². The number of nitroso groups, excluding NO2 is 1. The van der Waals surface area contributed by atoms with E-state index >= 15 is 0 Å². The lowest BCUT2D eigenvalue weighted by Gasteiger charge is -2.10. The molecule has 0 bridgehead atoms.